The summed E-state index contributed by atoms with van der Waals surface area (Å²) >= 11 is 0. The zero-order valence-electron chi connectivity index (χ0n) is 11.9. The van der Waals surface area contributed by atoms with Crippen LogP contribution in [0.1, 0.15) is 27.7 Å². The van der Waals surface area contributed by atoms with Crippen molar-refractivity contribution in [1.29, 1.82) is 0 Å². The molecule has 0 radical (unpaired) electrons. The van der Waals surface area contributed by atoms with Crippen LogP contribution in [0.4, 0.5) is 5.69 Å². The molecule has 19 heavy (non-hydrogen) atoms. The maximum Gasteiger partial charge on any atom is 0.306 e. The first-order chi connectivity index (χ1) is 8.81. The number of hydrogen-bond acceptors (Lipinski definition) is 5. The molecular formula is C12H22N4O3. The lowest BCUT2D eigenvalue weighted by Crippen LogP contribution is -2.43. The van der Waals surface area contributed by atoms with E-state index in [0.29, 0.717) is 18.6 Å². The quantitative estimate of drug-likeness (QED) is 0.596. The van der Waals surface area contributed by atoms with Gasteiger partial charge in [-0.2, -0.15) is 5.10 Å². The highest BCUT2D eigenvalue weighted by atomic mass is 16.6. The van der Waals surface area contributed by atoms with E-state index in [9.17, 15) is 15.2 Å². The van der Waals surface area contributed by atoms with Gasteiger partial charge in [0.2, 0.25) is 0 Å². The second kappa shape index (κ2) is 6.63. The fourth-order valence-electron chi connectivity index (χ4n) is 2.08. The molecule has 1 N–H and O–H groups in total. The lowest BCUT2D eigenvalue weighted by Gasteiger charge is -2.32. The summed E-state index contributed by atoms with van der Waals surface area (Å²) in [7, 11) is 0. The van der Waals surface area contributed by atoms with E-state index in [0.717, 1.165) is 0 Å². The second-order valence-electron chi connectivity index (χ2n) is 5.22. The minimum absolute atomic E-state index is 0.0585. The molecular weight excluding hydrogens is 248 g/mol. The molecule has 0 aliphatic carbocycles. The van der Waals surface area contributed by atoms with E-state index in [4.69, 9.17) is 0 Å². The van der Waals surface area contributed by atoms with Gasteiger partial charge in [0.1, 0.15) is 12.4 Å². The Morgan fingerprint density at radius 1 is 1.42 bits per heavy atom. The number of nitro groups is 1. The van der Waals surface area contributed by atoms with Crippen molar-refractivity contribution in [3.63, 3.8) is 0 Å². The van der Waals surface area contributed by atoms with Gasteiger partial charge in [-0.15, -0.1) is 0 Å². The average Bonchev–Trinajstić information content (AvgIpc) is 2.73. The minimum atomic E-state index is -0.607. The van der Waals surface area contributed by atoms with Crippen LogP contribution in [-0.4, -0.2) is 49.4 Å². The molecule has 0 bridgehead atoms. The molecule has 7 heteroatoms. The standard InChI is InChI=1S/C12H22N4O3/c1-9(2)15(10(3)4)8-12(17)7-14-6-11(5-13-14)16(18)19/h5-6,9-10,12,17H,7-8H2,1-4H3. The zero-order valence-corrected chi connectivity index (χ0v) is 11.9. The van der Waals surface area contributed by atoms with Crippen molar-refractivity contribution in [2.75, 3.05) is 6.54 Å². The number of aliphatic hydroxyl groups excluding tert-OH is 1. The topological polar surface area (TPSA) is 84.4 Å². The number of rotatable bonds is 7. The largest absolute Gasteiger partial charge is 0.390 e. The maximum absolute atomic E-state index is 10.5. The third-order valence-electron chi connectivity index (χ3n) is 2.98. The van der Waals surface area contributed by atoms with Gasteiger partial charge in [0.25, 0.3) is 0 Å². The van der Waals surface area contributed by atoms with Crippen LogP contribution >= 0.6 is 0 Å². The number of aliphatic hydroxyl groups is 1. The van der Waals surface area contributed by atoms with E-state index in [2.05, 4.69) is 37.7 Å². The summed E-state index contributed by atoms with van der Waals surface area (Å²) in [5, 5.41) is 24.5. The van der Waals surface area contributed by atoms with Crippen molar-refractivity contribution in [2.45, 2.75) is 52.4 Å². The van der Waals surface area contributed by atoms with E-state index in [1.54, 1.807) is 0 Å². The molecule has 1 rings (SSSR count). The summed E-state index contributed by atoms with van der Waals surface area (Å²) in [6.07, 6.45) is 1.91. The molecule has 1 heterocycles. The summed E-state index contributed by atoms with van der Waals surface area (Å²) in [5.74, 6) is 0. The summed E-state index contributed by atoms with van der Waals surface area (Å²) in [4.78, 5) is 12.2. The van der Waals surface area contributed by atoms with Gasteiger partial charge in [-0.1, -0.05) is 0 Å². The Morgan fingerprint density at radius 3 is 2.42 bits per heavy atom. The van der Waals surface area contributed by atoms with E-state index in [1.165, 1.54) is 17.1 Å². The Labute approximate surface area is 113 Å². The molecule has 0 saturated carbocycles. The molecule has 0 saturated heterocycles. The predicted molar refractivity (Wildman–Crippen MR) is 71.9 cm³/mol. The van der Waals surface area contributed by atoms with Crippen molar-refractivity contribution in [3.8, 4) is 0 Å². The van der Waals surface area contributed by atoms with Gasteiger partial charge in [0, 0.05) is 18.6 Å². The van der Waals surface area contributed by atoms with Gasteiger partial charge in [-0.3, -0.25) is 19.7 Å². The van der Waals surface area contributed by atoms with Gasteiger partial charge in [-0.05, 0) is 27.7 Å². The summed E-state index contributed by atoms with van der Waals surface area (Å²) in [6.45, 7) is 9.07. The molecule has 0 aromatic carbocycles. The lowest BCUT2D eigenvalue weighted by molar-refractivity contribution is -0.385. The van der Waals surface area contributed by atoms with Gasteiger partial charge >= 0.3 is 5.69 Å². The van der Waals surface area contributed by atoms with Crippen LogP contribution in [0.15, 0.2) is 12.4 Å². The van der Waals surface area contributed by atoms with Crippen LogP contribution in [0, 0.1) is 10.1 Å². The Morgan fingerprint density at radius 2 is 2.00 bits per heavy atom. The molecule has 1 unspecified atom stereocenters. The van der Waals surface area contributed by atoms with E-state index in [1.807, 2.05) is 0 Å². The van der Waals surface area contributed by atoms with Crippen LogP contribution < -0.4 is 0 Å². The van der Waals surface area contributed by atoms with Gasteiger partial charge in [-0.25, -0.2) is 0 Å². The number of aromatic nitrogens is 2. The van der Waals surface area contributed by atoms with E-state index in [-0.39, 0.29) is 12.2 Å². The highest BCUT2D eigenvalue weighted by Gasteiger charge is 2.19. The molecule has 7 nitrogen and oxygen atoms in total. The highest BCUT2D eigenvalue weighted by Crippen LogP contribution is 2.10. The Balaban J connectivity index is 2.58. The highest BCUT2D eigenvalue weighted by molar-refractivity contribution is 5.20. The van der Waals surface area contributed by atoms with Crippen molar-refractivity contribution in [3.05, 3.63) is 22.5 Å². The third-order valence-corrected chi connectivity index (χ3v) is 2.98. The van der Waals surface area contributed by atoms with Crippen molar-refractivity contribution < 1.29 is 10.0 Å². The van der Waals surface area contributed by atoms with Crippen LogP contribution in [0.2, 0.25) is 0 Å². The zero-order chi connectivity index (χ0) is 14.6. The first kappa shape index (κ1) is 15.6. The van der Waals surface area contributed by atoms with Crippen LogP contribution in [0.25, 0.3) is 0 Å². The monoisotopic (exact) mass is 270 g/mol. The Bertz CT molecular complexity index is 409. The Kier molecular flexibility index (Phi) is 5.44. The third kappa shape index (κ3) is 4.60. The lowest BCUT2D eigenvalue weighted by atomic mass is 10.2. The molecule has 1 atom stereocenters. The van der Waals surface area contributed by atoms with Crippen molar-refractivity contribution in [1.82, 2.24) is 14.7 Å². The van der Waals surface area contributed by atoms with E-state index < -0.39 is 11.0 Å². The molecule has 0 fully saturated rings. The van der Waals surface area contributed by atoms with Gasteiger partial charge in [0.15, 0.2) is 0 Å². The van der Waals surface area contributed by atoms with Crippen molar-refractivity contribution >= 4 is 5.69 Å². The maximum atomic E-state index is 10.5. The number of hydrogen-bond donors (Lipinski definition) is 1. The normalized spacial score (nSPS) is 13.5. The Hall–Kier alpha value is -1.47. The first-order valence-electron chi connectivity index (χ1n) is 6.42. The molecule has 0 spiro atoms. The summed E-state index contributed by atoms with van der Waals surface area (Å²) in [5.41, 5.74) is -0.0585. The smallest absolute Gasteiger partial charge is 0.306 e. The van der Waals surface area contributed by atoms with E-state index >= 15 is 0 Å². The van der Waals surface area contributed by atoms with Crippen LogP contribution in [-0.2, 0) is 6.54 Å². The number of nitrogens with zero attached hydrogens (tertiary/aromatic N) is 4. The molecule has 0 aliphatic rings. The van der Waals surface area contributed by atoms with Crippen LogP contribution in [0.3, 0.4) is 0 Å². The summed E-state index contributed by atoms with van der Waals surface area (Å²) < 4.78 is 1.40. The first-order valence-corrected chi connectivity index (χ1v) is 6.42. The average molecular weight is 270 g/mol. The van der Waals surface area contributed by atoms with Crippen molar-refractivity contribution in [2.24, 2.45) is 0 Å². The minimum Gasteiger partial charge on any atom is -0.390 e. The fraction of sp³-hybridized carbons (Fsp3) is 0.750. The predicted octanol–water partition coefficient (Wildman–Crippen LogP) is 1.27. The second-order valence-corrected chi connectivity index (χ2v) is 5.22. The van der Waals surface area contributed by atoms with Gasteiger partial charge in [0.05, 0.1) is 17.6 Å². The SMILES string of the molecule is CC(C)N(CC(O)Cn1cc([N+](=O)[O-])cn1)C(C)C. The molecule has 0 aliphatic heterocycles. The summed E-state index contributed by atoms with van der Waals surface area (Å²) in [6, 6.07) is 0.670. The fourth-order valence-corrected chi connectivity index (χ4v) is 2.08. The molecule has 1 aromatic heterocycles. The van der Waals surface area contributed by atoms with Gasteiger partial charge < -0.3 is 5.11 Å². The molecule has 1 aromatic rings. The molecule has 0 amide bonds. The molecule has 108 valence electrons. The van der Waals surface area contributed by atoms with Crippen LogP contribution in [0.5, 0.6) is 0 Å².